The highest BCUT2D eigenvalue weighted by Crippen LogP contribution is 2.18. The first-order valence-electron chi connectivity index (χ1n) is 5.25. The number of hydrogen-bond acceptors (Lipinski definition) is 5. The first-order valence-corrected chi connectivity index (χ1v) is 5.25. The lowest BCUT2D eigenvalue weighted by Gasteiger charge is -2.08. The second-order valence-electron chi connectivity index (χ2n) is 3.52. The number of aliphatic imine (C=N–C) groups is 1. The Kier molecular flexibility index (Phi) is 3.13. The molecule has 1 aromatic carbocycles. The summed E-state index contributed by atoms with van der Waals surface area (Å²) >= 11 is 0. The van der Waals surface area contributed by atoms with Crippen LogP contribution >= 0.6 is 0 Å². The van der Waals surface area contributed by atoms with E-state index in [4.69, 9.17) is 16.2 Å². The normalized spacial score (nSPS) is 11.6. The topological polar surface area (TPSA) is 104 Å². The highest BCUT2D eigenvalue weighted by atomic mass is 16.5. The minimum absolute atomic E-state index is 0.252. The van der Waals surface area contributed by atoms with Crippen LogP contribution in [0, 0.1) is 0 Å². The van der Waals surface area contributed by atoms with E-state index in [-0.39, 0.29) is 11.8 Å². The summed E-state index contributed by atoms with van der Waals surface area (Å²) in [7, 11) is 3.19. The van der Waals surface area contributed by atoms with Gasteiger partial charge in [-0.15, -0.1) is 10.2 Å². The van der Waals surface area contributed by atoms with Crippen molar-refractivity contribution in [3.63, 3.8) is 0 Å². The fraction of sp³-hybridized carbons (Fsp3) is 0.182. The lowest BCUT2D eigenvalue weighted by atomic mass is 10.3. The van der Waals surface area contributed by atoms with Crippen molar-refractivity contribution in [1.82, 2.24) is 14.8 Å². The molecular weight excluding hydrogens is 232 g/mol. The second kappa shape index (κ2) is 4.74. The number of methoxy groups -OCH3 is 1. The number of amidine groups is 1. The van der Waals surface area contributed by atoms with Crippen molar-refractivity contribution < 1.29 is 4.74 Å². The van der Waals surface area contributed by atoms with E-state index >= 15 is 0 Å². The molecule has 7 nitrogen and oxygen atoms in total. The van der Waals surface area contributed by atoms with E-state index in [1.165, 1.54) is 0 Å². The molecule has 0 aliphatic rings. The van der Waals surface area contributed by atoms with Gasteiger partial charge in [0.2, 0.25) is 11.8 Å². The van der Waals surface area contributed by atoms with E-state index in [1.54, 1.807) is 18.7 Å². The predicted molar refractivity (Wildman–Crippen MR) is 69.0 cm³/mol. The molecule has 0 radical (unpaired) electrons. The van der Waals surface area contributed by atoms with Gasteiger partial charge in [-0.1, -0.05) is 0 Å². The van der Waals surface area contributed by atoms with Gasteiger partial charge in [-0.25, -0.2) is 0 Å². The molecule has 0 bridgehead atoms. The van der Waals surface area contributed by atoms with Crippen molar-refractivity contribution in [3.8, 4) is 11.4 Å². The van der Waals surface area contributed by atoms with Crippen LogP contribution in [0.25, 0.3) is 5.69 Å². The van der Waals surface area contributed by atoms with Gasteiger partial charge >= 0.3 is 0 Å². The number of hydrogen-bond donors (Lipinski definition) is 2. The quantitative estimate of drug-likeness (QED) is 0.594. The van der Waals surface area contributed by atoms with Crippen LogP contribution in [-0.4, -0.2) is 34.8 Å². The van der Waals surface area contributed by atoms with Crippen LogP contribution in [0.2, 0.25) is 0 Å². The molecule has 0 atom stereocenters. The van der Waals surface area contributed by atoms with E-state index in [9.17, 15) is 0 Å². The molecule has 0 aliphatic heterocycles. The summed E-state index contributed by atoms with van der Waals surface area (Å²) in [6.45, 7) is 0. The van der Waals surface area contributed by atoms with Gasteiger partial charge in [0.05, 0.1) is 12.8 Å². The van der Waals surface area contributed by atoms with Crippen LogP contribution in [0.4, 0.5) is 5.95 Å². The molecule has 1 heterocycles. The lowest BCUT2D eigenvalue weighted by molar-refractivity contribution is 0.415. The monoisotopic (exact) mass is 246 g/mol. The van der Waals surface area contributed by atoms with Crippen molar-refractivity contribution in [3.05, 3.63) is 30.1 Å². The van der Waals surface area contributed by atoms with E-state index in [2.05, 4.69) is 15.2 Å². The molecule has 2 aromatic rings. The van der Waals surface area contributed by atoms with E-state index in [1.807, 2.05) is 24.3 Å². The van der Waals surface area contributed by atoms with Crippen molar-refractivity contribution in [2.75, 3.05) is 19.9 Å². The first-order chi connectivity index (χ1) is 8.67. The van der Waals surface area contributed by atoms with Crippen LogP contribution in [-0.2, 0) is 0 Å². The fourth-order valence-electron chi connectivity index (χ4n) is 1.55. The third-order valence-electron chi connectivity index (χ3n) is 2.49. The van der Waals surface area contributed by atoms with Gasteiger partial charge in [-0.05, 0) is 24.3 Å². The summed E-state index contributed by atoms with van der Waals surface area (Å²) in [6.07, 6.45) is 0. The Balaban J connectivity index is 2.52. The van der Waals surface area contributed by atoms with Crippen molar-refractivity contribution >= 4 is 11.8 Å². The number of nitrogens with zero attached hydrogens (tertiary/aromatic N) is 4. The summed E-state index contributed by atoms with van der Waals surface area (Å²) in [5, 5.41) is 7.71. The number of rotatable bonds is 3. The van der Waals surface area contributed by atoms with E-state index in [0.29, 0.717) is 5.82 Å². The number of nitrogens with two attached hydrogens (primary N) is 2. The summed E-state index contributed by atoms with van der Waals surface area (Å²) in [4.78, 5) is 3.88. The van der Waals surface area contributed by atoms with E-state index in [0.717, 1.165) is 11.4 Å². The average Bonchev–Trinajstić information content (AvgIpc) is 2.80. The molecule has 7 heteroatoms. The van der Waals surface area contributed by atoms with Crippen LogP contribution in [0.1, 0.15) is 5.82 Å². The number of anilines is 1. The maximum absolute atomic E-state index is 5.78. The number of aromatic nitrogens is 3. The van der Waals surface area contributed by atoms with E-state index < -0.39 is 0 Å². The van der Waals surface area contributed by atoms with Gasteiger partial charge in [0.25, 0.3) is 0 Å². The lowest BCUT2D eigenvalue weighted by Crippen LogP contribution is -2.19. The molecule has 0 unspecified atom stereocenters. The summed E-state index contributed by atoms with van der Waals surface area (Å²) < 4.78 is 6.72. The number of ether oxygens (including phenoxy) is 1. The minimum Gasteiger partial charge on any atom is -0.497 e. The number of benzene rings is 1. The highest BCUT2D eigenvalue weighted by Gasteiger charge is 2.14. The zero-order valence-corrected chi connectivity index (χ0v) is 10.2. The van der Waals surface area contributed by atoms with Gasteiger partial charge in [-0.3, -0.25) is 9.56 Å². The molecule has 0 amide bonds. The highest BCUT2D eigenvalue weighted by molar-refractivity contribution is 5.95. The zero-order chi connectivity index (χ0) is 13.1. The van der Waals surface area contributed by atoms with Gasteiger partial charge in [-0.2, -0.15) is 0 Å². The fourth-order valence-corrected chi connectivity index (χ4v) is 1.55. The molecule has 0 saturated carbocycles. The molecule has 0 fully saturated rings. The zero-order valence-electron chi connectivity index (χ0n) is 10.2. The van der Waals surface area contributed by atoms with Gasteiger partial charge in [0, 0.05) is 7.05 Å². The largest absolute Gasteiger partial charge is 0.497 e. The Labute approximate surface area is 104 Å². The van der Waals surface area contributed by atoms with Crippen molar-refractivity contribution in [1.29, 1.82) is 0 Å². The Morgan fingerprint density at radius 2 is 1.94 bits per heavy atom. The molecule has 0 spiro atoms. The molecule has 1 aromatic heterocycles. The van der Waals surface area contributed by atoms with Crippen LogP contribution in [0.3, 0.4) is 0 Å². The average molecular weight is 246 g/mol. The van der Waals surface area contributed by atoms with Crippen LogP contribution in [0.15, 0.2) is 29.3 Å². The predicted octanol–water partition coefficient (Wildman–Crippen LogP) is 0.193. The summed E-state index contributed by atoms with van der Waals surface area (Å²) in [6, 6.07) is 7.31. The standard InChI is InChI=1S/C11H14N6O/c1-14-9(12)10-15-16-11(13)17(10)7-3-5-8(18-2)6-4-7/h3-6H,1-2H3,(H2,12,14)(H2,13,16). The Morgan fingerprint density at radius 1 is 1.28 bits per heavy atom. The summed E-state index contributed by atoms with van der Waals surface area (Å²) in [5.74, 6) is 1.70. The Bertz CT molecular complexity index is 572. The number of nitrogen functional groups attached to an aromatic ring is 1. The maximum atomic E-state index is 5.78. The SMILES string of the molecule is CN=C(N)c1nnc(N)n1-c1ccc(OC)cc1. The Morgan fingerprint density at radius 3 is 2.50 bits per heavy atom. The minimum atomic E-state index is 0.252. The van der Waals surface area contributed by atoms with Crippen LogP contribution < -0.4 is 16.2 Å². The molecular formula is C11H14N6O. The molecule has 2 rings (SSSR count). The maximum Gasteiger partial charge on any atom is 0.227 e. The smallest absolute Gasteiger partial charge is 0.227 e. The molecule has 94 valence electrons. The van der Waals surface area contributed by atoms with Gasteiger partial charge in [0.15, 0.2) is 5.84 Å². The third kappa shape index (κ3) is 1.97. The molecule has 18 heavy (non-hydrogen) atoms. The Hall–Kier alpha value is -2.57. The van der Waals surface area contributed by atoms with Gasteiger partial charge in [0.1, 0.15) is 5.75 Å². The van der Waals surface area contributed by atoms with Gasteiger partial charge < -0.3 is 16.2 Å². The van der Waals surface area contributed by atoms with Crippen LogP contribution in [0.5, 0.6) is 5.75 Å². The van der Waals surface area contributed by atoms with Crippen molar-refractivity contribution in [2.45, 2.75) is 0 Å². The first kappa shape index (κ1) is 11.9. The van der Waals surface area contributed by atoms with Crippen molar-refractivity contribution in [2.24, 2.45) is 10.7 Å². The molecule has 0 aliphatic carbocycles. The second-order valence-corrected chi connectivity index (χ2v) is 3.52. The molecule has 4 N–H and O–H groups in total. The summed E-state index contributed by atoms with van der Waals surface area (Å²) in [5.41, 5.74) is 12.3. The third-order valence-corrected chi connectivity index (χ3v) is 2.49. The molecule has 0 saturated heterocycles.